The monoisotopic (exact) mass is 392 g/mol. The normalized spacial score (nSPS) is 10.7. The Kier molecular flexibility index (Phi) is 7.56. The van der Waals surface area contributed by atoms with Crippen molar-refractivity contribution in [1.29, 1.82) is 0 Å². The minimum absolute atomic E-state index is 0.136. The maximum absolute atomic E-state index is 12.1. The van der Waals surface area contributed by atoms with Gasteiger partial charge >= 0.3 is 6.03 Å². The topological polar surface area (TPSA) is 116 Å². The van der Waals surface area contributed by atoms with Crippen molar-refractivity contribution < 1.29 is 19.1 Å². The summed E-state index contributed by atoms with van der Waals surface area (Å²) < 4.78 is 11.0. The van der Waals surface area contributed by atoms with Gasteiger partial charge in [-0.3, -0.25) is 4.79 Å². The van der Waals surface area contributed by atoms with Gasteiger partial charge in [0.25, 0.3) is 5.91 Å². The van der Waals surface area contributed by atoms with E-state index in [-0.39, 0.29) is 17.1 Å². The molecule has 0 atom stereocenters. The van der Waals surface area contributed by atoms with Gasteiger partial charge in [-0.2, -0.15) is 0 Å². The molecule has 0 aliphatic heterocycles. The van der Waals surface area contributed by atoms with Gasteiger partial charge in [0.2, 0.25) is 5.06 Å². The summed E-state index contributed by atoms with van der Waals surface area (Å²) in [6.07, 6.45) is 3.18. The van der Waals surface area contributed by atoms with Crippen LogP contribution in [0.25, 0.3) is 0 Å². The zero-order valence-electron chi connectivity index (χ0n) is 15.6. The molecule has 0 saturated heterocycles. The van der Waals surface area contributed by atoms with Crippen molar-refractivity contribution in [2.75, 3.05) is 12.4 Å². The average Bonchev–Trinajstić information content (AvgIpc) is 3.11. The molecule has 3 amide bonds. The molecule has 0 unspecified atom stereocenters. The van der Waals surface area contributed by atoms with E-state index in [1.807, 2.05) is 13.8 Å². The number of thiazole rings is 1. The summed E-state index contributed by atoms with van der Waals surface area (Å²) in [4.78, 5) is 27.2. The SMILES string of the molecule is CCC(CC)NC(=O)Nc1ccc(Oc2cnc(C(N)=O)s2)c(COC)c1. The molecule has 1 heterocycles. The Balaban J connectivity index is 2.12. The Hall–Kier alpha value is -2.65. The zero-order valence-corrected chi connectivity index (χ0v) is 16.4. The summed E-state index contributed by atoms with van der Waals surface area (Å²) >= 11 is 1.06. The molecule has 8 nitrogen and oxygen atoms in total. The number of hydrogen-bond acceptors (Lipinski definition) is 6. The van der Waals surface area contributed by atoms with Crippen LogP contribution < -0.4 is 21.1 Å². The number of aromatic nitrogens is 1. The van der Waals surface area contributed by atoms with Crippen molar-refractivity contribution in [3.05, 3.63) is 35.0 Å². The second-order valence-corrected chi connectivity index (χ2v) is 6.81. The zero-order chi connectivity index (χ0) is 19.8. The van der Waals surface area contributed by atoms with E-state index in [0.29, 0.717) is 23.1 Å². The Morgan fingerprint density at radius 3 is 2.63 bits per heavy atom. The summed E-state index contributed by atoms with van der Waals surface area (Å²) in [6, 6.07) is 5.12. The number of carbonyl (C=O) groups excluding carboxylic acids is 2. The van der Waals surface area contributed by atoms with Crippen LogP contribution in [-0.4, -0.2) is 30.1 Å². The number of nitrogens with zero attached hydrogens (tertiary/aromatic N) is 1. The first-order valence-electron chi connectivity index (χ1n) is 8.59. The van der Waals surface area contributed by atoms with Crippen LogP contribution in [0, 0.1) is 0 Å². The fourth-order valence-corrected chi connectivity index (χ4v) is 3.03. The first-order valence-corrected chi connectivity index (χ1v) is 9.41. The number of nitrogens with one attached hydrogen (secondary N) is 2. The molecule has 2 rings (SSSR count). The van der Waals surface area contributed by atoms with Crippen LogP contribution in [-0.2, 0) is 11.3 Å². The Labute approximate surface area is 162 Å². The molecule has 0 fully saturated rings. The van der Waals surface area contributed by atoms with E-state index in [9.17, 15) is 9.59 Å². The number of hydrogen-bond donors (Lipinski definition) is 3. The third-order valence-electron chi connectivity index (χ3n) is 3.84. The summed E-state index contributed by atoms with van der Waals surface area (Å²) in [5, 5.41) is 6.35. The minimum Gasteiger partial charge on any atom is -0.445 e. The maximum Gasteiger partial charge on any atom is 0.319 e. The molecular weight excluding hydrogens is 368 g/mol. The number of rotatable bonds is 9. The van der Waals surface area contributed by atoms with Crippen molar-refractivity contribution in [3.63, 3.8) is 0 Å². The number of nitrogens with two attached hydrogens (primary N) is 1. The van der Waals surface area contributed by atoms with Gasteiger partial charge in [-0.05, 0) is 31.0 Å². The molecule has 0 bridgehead atoms. The van der Waals surface area contributed by atoms with Crippen LogP contribution >= 0.6 is 11.3 Å². The summed E-state index contributed by atoms with van der Waals surface area (Å²) in [7, 11) is 1.57. The Bertz CT molecular complexity index is 789. The fourth-order valence-electron chi connectivity index (χ4n) is 2.40. The van der Waals surface area contributed by atoms with Crippen LogP contribution in [0.2, 0.25) is 0 Å². The van der Waals surface area contributed by atoms with Gasteiger partial charge < -0.3 is 25.8 Å². The van der Waals surface area contributed by atoms with E-state index < -0.39 is 5.91 Å². The largest absolute Gasteiger partial charge is 0.445 e. The van der Waals surface area contributed by atoms with Crippen LogP contribution in [0.1, 0.15) is 42.1 Å². The number of anilines is 1. The predicted octanol–water partition coefficient (Wildman–Crippen LogP) is 3.49. The molecule has 0 aliphatic rings. The third kappa shape index (κ3) is 5.93. The standard InChI is InChI=1S/C18H24N4O4S/c1-4-12(5-2)21-18(24)22-13-6-7-14(11(8-13)10-25-3)26-15-9-20-17(27-15)16(19)23/h6-9,12H,4-5,10H2,1-3H3,(H2,19,23)(H2,21,22,24). The first kappa shape index (κ1) is 20.7. The lowest BCUT2D eigenvalue weighted by Crippen LogP contribution is -2.37. The summed E-state index contributed by atoms with van der Waals surface area (Å²) in [5.74, 6) is -0.0579. The lowest BCUT2D eigenvalue weighted by atomic mass is 10.1. The molecule has 2 aromatic rings. The average molecular weight is 392 g/mol. The highest BCUT2D eigenvalue weighted by Gasteiger charge is 2.13. The number of ether oxygens (including phenoxy) is 2. The first-order chi connectivity index (χ1) is 13.0. The van der Waals surface area contributed by atoms with Gasteiger partial charge in [-0.25, -0.2) is 9.78 Å². The molecule has 0 aliphatic carbocycles. The molecular formula is C18H24N4O4S. The number of carbonyl (C=O) groups is 2. The highest BCUT2D eigenvalue weighted by Crippen LogP contribution is 2.31. The van der Waals surface area contributed by atoms with Crippen LogP contribution in [0.3, 0.4) is 0 Å². The van der Waals surface area contributed by atoms with Crippen molar-refractivity contribution in [2.24, 2.45) is 5.73 Å². The molecule has 0 spiro atoms. The molecule has 4 N–H and O–H groups in total. The number of benzene rings is 1. The van der Waals surface area contributed by atoms with Crippen LogP contribution in [0.4, 0.5) is 10.5 Å². The highest BCUT2D eigenvalue weighted by molar-refractivity contribution is 7.15. The van der Waals surface area contributed by atoms with Crippen LogP contribution in [0.15, 0.2) is 24.4 Å². The van der Waals surface area contributed by atoms with E-state index in [1.54, 1.807) is 25.3 Å². The quantitative estimate of drug-likeness (QED) is 0.604. The van der Waals surface area contributed by atoms with Gasteiger partial charge in [0.05, 0.1) is 12.8 Å². The van der Waals surface area contributed by atoms with Crippen molar-refractivity contribution in [1.82, 2.24) is 10.3 Å². The second-order valence-electron chi connectivity index (χ2n) is 5.82. The van der Waals surface area contributed by atoms with Gasteiger partial charge in [-0.15, -0.1) is 0 Å². The van der Waals surface area contributed by atoms with E-state index >= 15 is 0 Å². The van der Waals surface area contributed by atoms with Crippen molar-refractivity contribution in [2.45, 2.75) is 39.3 Å². The van der Waals surface area contributed by atoms with Crippen molar-refractivity contribution in [3.8, 4) is 10.8 Å². The molecule has 1 aromatic carbocycles. The molecule has 0 saturated carbocycles. The van der Waals surface area contributed by atoms with E-state index in [1.165, 1.54) is 6.20 Å². The maximum atomic E-state index is 12.1. The third-order valence-corrected chi connectivity index (χ3v) is 4.73. The number of amides is 3. The highest BCUT2D eigenvalue weighted by atomic mass is 32.1. The number of methoxy groups -OCH3 is 1. The van der Waals surface area contributed by atoms with Crippen LogP contribution in [0.5, 0.6) is 10.8 Å². The molecule has 27 heavy (non-hydrogen) atoms. The smallest absolute Gasteiger partial charge is 0.319 e. The van der Waals surface area contributed by atoms with Gasteiger partial charge in [0.1, 0.15) is 5.75 Å². The lowest BCUT2D eigenvalue weighted by Gasteiger charge is -2.16. The number of primary amides is 1. The van der Waals surface area contributed by atoms with Gasteiger partial charge in [-0.1, -0.05) is 25.2 Å². The Morgan fingerprint density at radius 2 is 2.04 bits per heavy atom. The lowest BCUT2D eigenvalue weighted by molar-refractivity contribution is 0.1000. The molecule has 9 heteroatoms. The summed E-state index contributed by atoms with van der Waals surface area (Å²) in [6.45, 7) is 4.35. The number of urea groups is 1. The molecule has 146 valence electrons. The Morgan fingerprint density at radius 1 is 1.30 bits per heavy atom. The molecule has 0 radical (unpaired) electrons. The fraction of sp³-hybridized carbons (Fsp3) is 0.389. The minimum atomic E-state index is -0.602. The predicted molar refractivity (Wildman–Crippen MR) is 104 cm³/mol. The van der Waals surface area contributed by atoms with E-state index in [0.717, 1.165) is 29.7 Å². The van der Waals surface area contributed by atoms with E-state index in [4.69, 9.17) is 15.2 Å². The van der Waals surface area contributed by atoms with Gasteiger partial charge in [0.15, 0.2) is 5.01 Å². The van der Waals surface area contributed by atoms with Gasteiger partial charge in [0, 0.05) is 24.4 Å². The second kappa shape index (κ2) is 9.89. The van der Waals surface area contributed by atoms with Crippen molar-refractivity contribution >= 4 is 29.0 Å². The van der Waals surface area contributed by atoms with E-state index in [2.05, 4.69) is 15.6 Å². The molecule has 1 aromatic heterocycles. The summed E-state index contributed by atoms with van der Waals surface area (Å²) in [5.41, 5.74) is 6.57.